The van der Waals surface area contributed by atoms with Crippen molar-refractivity contribution in [1.29, 1.82) is 0 Å². The Morgan fingerprint density at radius 3 is 2.45 bits per heavy atom. The van der Waals surface area contributed by atoms with Crippen molar-refractivity contribution in [3.8, 4) is 0 Å². The molecule has 1 aromatic rings. The van der Waals surface area contributed by atoms with E-state index in [0.29, 0.717) is 5.56 Å². The topological polar surface area (TPSA) is 98.8 Å². The lowest BCUT2D eigenvalue weighted by atomic mass is 10.1. The average molecular weight is 304 g/mol. The predicted octanol–water partition coefficient (Wildman–Crippen LogP) is -0.350. The molecule has 116 valence electrons. The number of hydrogen-bond donors (Lipinski definition) is 2. The number of hydrazine groups is 1. The Morgan fingerprint density at radius 2 is 1.86 bits per heavy atom. The molecular formula is C14H16N4O4. The van der Waals surface area contributed by atoms with Crippen LogP contribution in [-0.2, 0) is 9.59 Å². The highest BCUT2D eigenvalue weighted by atomic mass is 16.2. The SMILES string of the molecule is Cc1ccccc1C(=O)NNC(=O)CN1C(=O)CN(C)C1=O. The van der Waals surface area contributed by atoms with Crippen LogP contribution < -0.4 is 10.9 Å². The van der Waals surface area contributed by atoms with Gasteiger partial charge in [-0.15, -0.1) is 0 Å². The van der Waals surface area contributed by atoms with E-state index in [2.05, 4.69) is 10.9 Å². The van der Waals surface area contributed by atoms with Crippen molar-refractivity contribution in [2.24, 2.45) is 0 Å². The molecule has 0 bridgehead atoms. The van der Waals surface area contributed by atoms with Crippen LogP contribution in [0.15, 0.2) is 24.3 Å². The van der Waals surface area contributed by atoms with Gasteiger partial charge in [-0.2, -0.15) is 0 Å². The molecule has 1 saturated heterocycles. The number of aryl methyl sites for hydroxylation is 1. The Hall–Kier alpha value is -2.90. The largest absolute Gasteiger partial charge is 0.327 e. The normalized spacial score (nSPS) is 14.3. The smallest absolute Gasteiger partial charge is 0.318 e. The van der Waals surface area contributed by atoms with E-state index >= 15 is 0 Å². The van der Waals surface area contributed by atoms with Gasteiger partial charge < -0.3 is 4.90 Å². The van der Waals surface area contributed by atoms with Gasteiger partial charge in [0.15, 0.2) is 0 Å². The maximum absolute atomic E-state index is 11.9. The van der Waals surface area contributed by atoms with Gasteiger partial charge in [-0.1, -0.05) is 18.2 Å². The van der Waals surface area contributed by atoms with Crippen LogP contribution in [0.1, 0.15) is 15.9 Å². The first kappa shape index (κ1) is 15.5. The van der Waals surface area contributed by atoms with Crippen LogP contribution in [0.5, 0.6) is 0 Å². The van der Waals surface area contributed by atoms with Gasteiger partial charge >= 0.3 is 6.03 Å². The molecular weight excluding hydrogens is 288 g/mol. The van der Waals surface area contributed by atoms with Gasteiger partial charge in [0, 0.05) is 12.6 Å². The molecule has 5 amide bonds. The minimum Gasteiger partial charge on any atom is -0.318 e. The van der Waals surface area contributed by atoms with E-state index in [1.807, 2.05) is 0 Å². The molecule has 2 rings (SSSR count). The summed E-state index contributed by atoms with van der Waals surface area (Å²) in [5, 5.41) is 0. The maximum atomic E-state index is 11.9. The third-order valence-electron chi connectivity index (χ3n) is 3.24. The van der Waals surface area contributed by atoms with Crippen molar-refractivity contribution in [3.63, 3.8) is 0 Å². The second-order valence-electron chi connectivity index (χ2n) is 4.94. The quantitative estimate of drug-likeness (QED) is 0.589. The molecule has 0 spiro atoms. The summed E-state index contributed by atoms with van der Waals surface area (Å²) in [4.78, 5) is 48.8. The first-order valence-corrected chi connectivity index (χ1v) is 6.60. The van der Waals surface area contributed by atoms with E-state index in [-0.39, 0.29) is 6.54 Å². The molecule has 1 aliphatic rings. The van der Waals surface area contributed by atoms with E-state index in [1.54, 1.807) is 31.2 Å². The lowest BCUT2D eigenvalue weighted by Gasteiger charge is -2.14. The van der Waals surface area contributed by atoms with Crippen LogP contribution >= 0.6 is 0 Å². The number of urea groups is 1. The molecule has 0 unspecified atom stereocenters. The zero-order valence-corrected chi connectivity index (χ0v) is 12.3. The molecule has 0 saturated carbocycles. The summed E-state index contributed by atoms with van der Waals surface area (Å²) in [6.45, 7) is 1.28. The van der Waals surface area contributed by atoms with Gasteiger partial charge in [-0.05, 0) is 18.6 Å². The number of nitrogens with zero attached hydrogens (tertiary/aromatic N) is 2. The summed E-state index contributed by atoms with van der Waals surface area (Å²) >= 11 is 0. The molecule has 1 aliphatic heterocycles. The van der Waals surface area contributed by atoms with Gasteiger partial charge in [0.05, 0.1) is 0 Å². The molecule has 1 heterocycles. The van der Waals surface area contributed by atoms with E-state index in [1.165, 1.54) is 11.9 Å². The Labute approximate surface area is 127 Å². The summed E-state index contributed by atoms with van der Waals surface area (Å²) < 4.78 is 0. The van der Waals surface area contributed by atoms with Crippen molar-refractivity contribution in [1.82, 2.24) is 20.7 Å². The first-order valence-electron chi connectivity index (χ1n) is 6.60. The van der Waals surface area contributed by atoms with Crippen LogP contribution in [0.2, 0.25) is 0 Å². The number of hydrogen-bond acceptors (Lipinski definition) is 4. The number of carbonyl (C=O) groups excluding carboxylic acids is 4. The molecule has 0 aliphatic carbocycles. The number of imide groups is 1. The van der Waals surface area contributed by atoms with Gasteiger partial charge in [-0.25, -0.2) is 4.79 Å². The summed E-state index contributed by atoms with van der Waals surface area (Å²) in [5.41, 5.74) is 5.63. The van der Waals surface area contributed by atoms with Crippen LogP contribution in [0, 0.1) is 6.92 Å². The summed E-state index contributed by atoms with van der Waals surface area (Å²) in [5.74, 6) is -1.57. The number of likely N-dealkylation sites (N-methyl/N-ethyl adjacent to an activating group) is 1. The van der Waals surface area contributed by atoms with Crippen LogP contribution in [0.25, 0.3) is 0 Å². The Balaban J connectivity index is 1.88. The average Bonchev–Trinajstić information content (AvgIpc) is 2.72. The van der Waals surface area contributed by atoms with Gasteiger partial charge in [0.1, 0.15) is 13.1 Å². The van der Waals surface area contributed by atoms with Crippen molar-refractivity contribution in [2.75, 3.05) is 20.1 Å². The molecule has 8 nitrogen and oxygen atoms in total. The lowest BCUT2D eigenvalue weighted by Crippen LogP contribution is -2.48. The van der Waals surface area contributed by atoms with Crippen molar-refractivity contribution >= 4 is 23.8 Å². The number of carbonyl (C=O) groups is 4. The van der Waals surface area contributed by atoms with Crippen molar-refractivity contribution < 1.29 is 19.2 Å². The van der Waals surface area contributed by atoms with Crippen LogP contribution in [-0.4, -0.2) is 53.7 Å². The highest BCUT2D eigenvalue weighted by molar-refractivity contribution is 6.04. The summed E-state index contributed by atoms with van der Waals surface area (Å²) in [6.07, 6.45) is 0. The number of benzene rings is 1. The molecule has 1 aromatic carbocycles. The van der Waals surface area contributed by atoms with Gasteiger partial charge in [0.2, 0.25) is 0 Å². The first-order chi connectivity index (χ1) is 10.4. The minimum atomic E-state index is -0.654. The highest BCUT2D eigenvalue weighted by Crippen LogP contribution is 2.07. The van der Waals surface area contributed by atoms with Gasteiger partial charge in [0.25, 0.3) is 17.7 Å². The molecule has 0 atom stereocenters. The number of rotatable bonds is 3. The van der Waals surface area contributed by atoms with Crippen LogP contribution in [0.3, 0.4) is 0 Å². The van der Waals surface area contributed by atoms with E-state index in [0.717, 1.165) is 10.5 Å². The monoisotopic (exact) mass is 304 g/mol. The molecule has 8 heteroatoms. The second kappa shape index (κ2) is 6.25. The van der Waals surface area contributed by atoms with Crippen molar-refractivity contribution in [3.05, 3.63) is 35.4 Å². The Bertz CT molecular complexity index is 643. The lowest BCUT2D eigenvalue weighted by molar-refractivity contribution is -0.131. The fraction of sp³-hybridized carbons (Fsp3) is 0.286. The fourth-order valence-corrected chi connectivity index (χ4v) is 2.03. The molecule has 2 N–H and O–H groups in total. The Kier molecular flexibility index (Phi) is 4.40. The van der Waals surface area contributed by atoms with E-state index < -0.39 is 30.3 Å². The zero-order chi connectivity index (χ0) is 16.3. The Morgan fingerprint density at radius 1 is 1.18 bits per heavy atom. The highest BCUT2D eigenvalue weighted by Gasteiger charge is 2.34. The zero-order valence-electron chi connectivity index (χ0n) is 12.3. The van der Waals surface area contributed by atoms with Crippen molar-refractivity contribution in [2.45, 2.75) is 6.92 Å². The molecule has 1 fully saturated rings. The molecule has 0 radical (unpaired) electrons. The van der Waals surface area contributed by atoms with Crippen LogP contribution in [0.4, 0.5) is 4.79 Å². The van der Waals surface area contributed by atoms with E-state index in [9.17, 15) is 19.2 Å². The predicted molar refractivity (Wildman–Crippen MR) is 76.5 cm³/mol. The maximum Gasteiger partial charge on any atom is 0.327 e. The van der Waals surface area contributed by atoms with E-state index in [4.69, 9.17) is 0 Å². The summed E-state index contributed by atoms with van der Waals surface area (Å²) in [6, 6.07) is 6.37. The summed E-state index contributed by atoms with van der Waals surface area (Å²) in [7, 11) is 1.47. The fourth-order valence-electron chi connectivity index (χ4n) is 2.03. The minimum absolute atomic E-state index is 0.0539. The third-order valence-corrected chi connectivity index (χ3v) is 3.24. The molecule has 22 heavy (non-hydrogen) atoms. The standard InChI is InChI=1S/C14H16N4O4/c1-9-5-3-4-6-10(9)13(21)16-15-11(19)7-18-12(20)8-17(2)14(18)22/h3-6H,7-8H2,1-2H3,(H,15,19)(H,16,21). The third kappa shape index (κ3) is 3.22. The second-order valence-corrected chi connectivity index (χ2v) is 4.94. The number of amides is 5. The molecule has 0 aromatic heterocycles. The number of nitrogens with one attached hydrogen (secondary N) is 2. The van der Waals surface area contributed by atoms with Gasteiger partial charge in [-0.3, -0.25) is 30.1 Å².